The van der Waals surface area contributed by atoms with E-state index in [1.54, 1.807) is 24.3 Å². The number of hydrogen-bond donors (Lipinski definition) is 3. The Morgan fingerprint density at radius 3 is 2.38 bits per heavy atom. The molecule has 86 valence electrons. The summed E-state index contributed by atoms with van der Waals surface area (Å²) in [4.78, 5) is 21.7. The van der Waals surface area contributed by atoms with Crippen molar-refractivity contribution in [3.05, 3.63) is 29.8 Å². The number of carbonyl (C=O) groups excluding carboxylic acids is 2. The van der Waals surface area contributed by atoms with E-state index in [1.807, 2.05) is 12.3 Å². The SMILES string of the molecule is CCOc1ccc(C(=O)NNC(N)=O)cc1. The maximum Gasteiger partial charge on any atom is 0.330 e. The summed E-state index contributed by atoms with van der Waals surface area (Å²) >= 11 is 0. The van der Waals surface area contributed by atoms with Gasteiger partial charge in [0.15, 0.2) is 0 Å². The fourth-order valence-corrected chi connectivity index (χ4v) is 1.06. The first kappa shape index (κ1) is 11.8. The number of urea groups is 1. The van der Waals surface area contributed by atoms with Crippen LogP contribution >= 0.6 is 0 Å². The third kappa shape index (κ3) is 3.49. The highest BCUT2D eigenvalue weighted by atomic mass is 16.5. The zero-order valence-corrected chi connectivity index (χ0v) is 8.82. The van der Waals surface area contributed by atoms with Gasteiger partial charge in [-0.2, -0.15) is 0 Å². The van der Waals surface area contributed by atoms with E-state index in [1.165, 1.54) is 0 Å². The Morgan fingerprint density at radius 2 is 1.88 bits per heavy atom. The summed E-state index contributed by atoms with van der Waals surface area (Å²) < 4.78 is 5.22. The van der Waals surface area contributed by atoms with Crippen molar-refractivity contribution in [1.82, 2.24) is 10.9 Å². The largest absolute Gasteiger partial charge is 0.494 e. The van der Waals surface area contributed by atoms with Gasteiger partial charge in [0, 0.05) is 5.56 Å². The second-order valence-electron chi connectivity index (χ2n) is 2.90. The van der Waals surface area contributed by atoms with E-state index in [2.05, 4.69) is 5.43 Å². The van der Waals surface area contributed by atoms with Crippen molar-refractivity contribution >= 4 is 11.9 Å². The summed E-state index contributed by atoms with van der Waals surface area (Å²) in [6.45, 7) is 2.44. The molecule has 0 fully saturated rings. The van der Waals surface area contributed by atoms with Crippen LogP contribution in [0.4, 0.5) is 4.79 Å². The van der Waals surface area contributed by atoms with E-state index >= 15 is 0 Å². The Kier molecular flexibility index (Phi) is 4.14. The predicted octanol–water partition coefficient (Wildman–Crippen LogP) is 0.398. The molecule has 0 heterocycles. The standard InChI is InChI=1S/C10H13N3O3/c1-2-16-8-5-3-7(4-6-8)9(14)12-13-10(11)15/h3-6H,2H2,1H3,(H,12,14)(H3,11,13,15). The first-order valence-corrected chi connectivity index (χ1v) is 4.72. The molecule has 0 bridgehead atoms. The number of benzene rings is 1. The monoisotopic (exact) mass is 223 g/mol. The highest BCUT2D eigenvalue weighted by molar-refractivity contribution is 5.95. The zero-order chi connectivity index (χ0) is 12.0. The van der Waals surface area contributed by atoms with Gasteiger partial charge in [-0.1, -0.05) is 0 Å². The molecular weight excluding hydrogens is 210 g/mol. The molecule has 0 aliphatic heterocycles. The van der Waals surface area contributed by atoms with Crippen molar-refractivity contribution in [2.45, 2.75) is 6.92 Å². The van der Waals surface area contributed by atoms with Crippen molar-refractivity contribution in [3.8, 4) is 5.75 Å². The summed E-state index contributed by atoms with van der Waals surface area (Å²) in [5.41, 5.74) is 9.34. The number of primary amides is 1. The fourth-order valence-electron chi connectivity index (χ4n) is 1.06. The number of ether oxygens (including phenoxy) is 1. The molecular formula is C10H13N3O3. The molecule has 6 nitrogen and oxygen atoms in total. The first-order valence-electron chi connectivity index (χ1n) is 4.72. The second kappa shape index (κ2) is 5.59. The van der Waals surface area contributed by atoms with E-state index in [0.29, 0.717) is 17.9 Å². The maximum atomic E-state index is 11.4. The first-order chi connectivity index (χ1) is 7.63. The van der Waals surface area contributed by atoms with Gasteiger partial charge in [-0.15, -0.1) is 0 Å². The highest BCUT2D eigenvalue weighted by Gasteiger charge is 2.05. The van der Waals surface area contributed by atoms with Gasteiger partial charge < -0.3 is 10.5 Å². The topological polar surface area (TPSA) is 93.4 Å². The summed E-state index contributed by atoms with van der Waals surface area (Å²) in [7, 11) is 0. The summed E-state index contributed by atoms with van der Waals surface area (Å²) in [5, 5.41) is 0. The van der Waals surface area contributed by atoms with Crippen molar-refractivity contribution in [2.24, 2.45) is 5.73 Å². The van der Waals surface area contributed by atoms with Crippen LogP contribution < -0.4 is 21.3 Å². The molecule has 0 atom stereocenters. The van der Waals surface area contributed by atoms with Gasteiger partial charge in [-0.25, -0.2) is 10.2 Å². The van der Waals surface area contributed by atoms with Crippen molar-refractivity contribution in [2.75, 3.05) is 6.61 Å². The van der Waals surface area contributed by atoms with Gasteiger partial charge in [0.05, 0.1) is 6.61 Å². The van der Waals surface area contributed by atoms with E-state index < -0.39 is 11.9 Å². The Hall–Kier alpha value is -2.24. The third-order valence-corrected chi connectivity index (χ3v) is 1.73. The Morgan fingerprint density at radius 1 is 1.25 bits per heavy atom. The molecule has 4 N–H and O–H groups in total. The van der Waals surface area contributed by atoms with Crippen LogP contribution in [0.15, 0.2) is 24.3 Å². The molecule has 0 aliphatic rings. The highest BCUT2D eigenvalue weighted by Crippen LogP contribution is 2.11. The third-order valence-electron chi connectivity index (χ3n) is 1.73. The van der Waals surface area contributed by atoms with Crippen LogP contribution in [0.1, 0.15) is 17.3 Å². The van der Waals surface area contributed by atoms with E-state index in [0.717, 1.165) is 0 Å². The van der Waals surface area contributed by atoms with Crippen molar-refractivity contribution in [3.63, 3.8) is 0 Å². The molecule has 16 heavy (non-hydrogen) atoms. The van der Waals surface area contributed by atoms with Crippen LogP contribution in [0.5, 0.6) is 5.75 Å². The number of nitrogens with two attached hydrogens (primary N) is 1. The lowest BCUT2D eigenvalue weighted by Gasteiger charge is -2.06. The van der Waals surface area contributed by atoms with Gasteiger partial charge in [-0.3, -0.25) is 10.2 Å². The number of rotatable bonds is 3. The van der Waals surface area contributed by atoms with Gasteiger partial charge in [0.1, 0.15) is 5.75 Å². The molecule has 0 spiro atoms. The number of carbonyl (C=O) groups is 2. The quantitative estimate of drug-likeness (QED) is 0.647. The molecule has 1 aromatic carbocycles. The maximum absolute atomic E-state index is 11.4. The smallest absolute Gasteiger partial charge is 0.330 e. The fraction of sp³-hybridized carbons (Fsp3) is 0.200. The van der Waals surface area contributed by atoms with Crippen LogP contribution in [0.2, 0.25) is 0 Å². The average molecular weight is 223 g/mol. The van der Waals surface area contributed by atoms with E-state index in [4.69, 9.17) is 10.5 Å². The van der Waals surface area contributed by atoms with Crippen LogP contribution in [-0.2, 0) is 0 Å². The molecule has 0 saturated heterocycles. The minimum absolute atomic E-state index is 0.400. The number of amides is 3. The van der Waals surface area contributed by atoms with Gasteiger partial charge in [0.2, 0.25) is 0 Å². The van der Waals surface area contributed by atoms with E-state index in [9.17, 15) is 9.59 Å². The number of hydrazine groups is 1. The summed E-state index contributed by atoms with van der Waals surface area (Å²) in [5.74, 6) is 0.240. The van der Waals surface area contributed by atoms with E-state index in [-0.39, 0.29) is 0 Å². The Balaban J connectivity index is 2.59. The molecule has 1 aromatic rings. The van der Waals surface area contributed by atoms with Crippen LogP contribution in [0.3, 0.4) is 0 Å². The Bertz CT molecular complexity index is 375. The number of nitrogens with one attached hydrogen (secondary N) is 2. The molecule has 0 saturated carbocycles. The second-order valence-corrected chi connectivity index (χ2v) is 2.90. The van der Waals surface area contributed by atoms with Gasteiger partial charge >= 0.3 is 6.03 Å². The molecule has 3 amide bonds. The lowest BCUT2D eigenvalue weighted by molar-refractivity contribution is 0.0937. The zero-order valence-electron chi connectivity index (χ0n) is 8.82. The van der Waals surface area contributed by atoms with Gasteiger partial charge in [0.25, 0.3) is 5.91 Å². The molecule has 0 unspecified atom stereocenters. The van der Waals surface area contributed by atoms with Crippen LogP contribution in [-0.4, -0.2) is 18.5 Å². The van der Waals surface area contributed by atoms with Crippen LogP contribution in [0, 0.1) is 0 Å². The number of hydrogen-bond acceptors (Lipinski definition) is 3. The lowest BCUT2D eigenvalue weighted by atomic mass is 10.2. The molecule has 0 aliphatic carbocycles. The van der Waals surface area contributed by atoms with Gasteiger partial charge in [-0.05, 0) is 31.2 Å². The van der Waals surface area contributed by atoms with Crippen LogP contribution in [0.25, 0.3) is 0 Å². The lowest BCUT2D eigenvalue weighted by Crippen LogP contribution is -2.44. The minimum atomic E-state index is -0.820. The average Bonchev–Trinajstić information content (AvgIpc) is 2.27. The van der Waals surface area contributed by atoms with Crippen molar-refractivity contribution < 1.29 is 14.3 Å². The Labute approximate surface area is 92.7 Å². The molecule has 1 rings (SSSR count). The normalized spacial score (nSPS) is 9.31. The van der Waals surface area contributed by atoms with Crippen molar-refractivity contribution in [1.29, 1.82) is 0 Å². The summed E-state index contributed by atoms with van der Waals surface area (Å²) in [6.07, 6.45) is 0. The molecule has 6 heteroatoms. The predicted molar refractivity (Wildman–Crippen MR) is 57.8 cm³/mol. The minimum Gasteiger partial charge on any atom is -0.494 e. The molecule has 0 radical (unpaired) electrons. The molecule has 0 aromatic heterocycles. The summed E-state index contributed by atoms with van der Waals surface area (Å²) in [6, 6.07) is 5.69.